The van der Waals surface area contributed by atoms with Crippen molar-refractivity contribution in [3.8, 4) is 0 Å². The van der Waals surface area contributed by atoms with E-state index in [0.29, 0.717) is 6.61 Å². The molecule has 1 unspecified atom stereocenters. The number of benzene rings is 1. The van der Waals surface area contributed by atoms with E-state index in [1.165, 1.54) is 11.0 Å². The van der Waals surface area contributed by atoms with Crippen LogP contribution in [0.3, 0.4) is 0 Å². The zero-order valence-electron chi connectivity index (χ0n) is 13.3. The van der Waals surface area contributed by atoms with Gasteiger partial charge in [-0.15, -0.1) is 0 Å². The SMILES string of the molecule is CC1(C)OB(C2=CCOC(c3ccccc3)C2)OC1(C)C. The lowest BCUT2D eigenvalue weighted by atomic mass is 9.73. The quantitative estimate of drug-likeness (QED) is 0.776. The molecule has 3 nitrogen and oxygen atoms in total. The first-order valence-corrected chi connectivity index (χ1v) is 7.60. The highest BCUT2D eigenvalue weighted by molar-refractivity contribution is 6.54. The van der Waals surface area contributed by atoms with Gasteiger partial charge in [0.15, 0.2) is 0 Å². The minimum atomic E-state index is -0.293. The molecule has 1 aromatic carbocycles. The number of hydrogen-bond donors (Lipinski definition) is 0. The van der Waals surface area contributed by atoms with E-state index >= 15 is 0 Å². The summed E-state index contributed by atoms with van der Waals surface area (Å²) in [6.07, 6.45) is 3.01. The van der Waals surface area contributed by atoms with Crippen molar-refractivity contribution in [2.75, 3.05) is 6.61 Å². The van der Waals surface area contributed by atoms with Crippen LogP contribution < -0.4 is 0 Å². The highest BCUT2D eigenvalue weighted by atomic mass is 16.7. The topological polar surface area (TPSA) is 27.7 Å². The van der Waals surface area contributed by atoms with Gasteiger partial charge in [-0.25, -0.2) is 0 Å². The Bertz CT molecular complexity index is 520. The summed E-state index contributed by atoms with van der Waals surface area (Å²) in [6, 6.07) is 10.3. The summed E-state index contributed by atoms with van der Waals surface area (Å²) in [7, 11) is -0.259. The maximum absolute atomic E-state index is 6.14. The summed E-state index contributed by atoms with van der Waals surface area (Å²) in [5.41, 5.74) is 1.81. The smallest absolute Gasteiger partial charge is 0.400 e. The standard InChI is InChI=1S/C17H23BO3/c1-16(2)17(3,4)21-18(20-16)14-10-11-19-15(12-14)13-8-6-5-7-9-13/h5-10,15H,11-12H2,1-4H3. The minimum absolute atomic E-state index is 0.0882. The fraction of sp³-hybridized carbons (Fsp3) is 0.529. The van der Waals surface area contributed by atoms with Gasteiger partial charge in [-0.3, -0.25) is 0 Å². The Kier molecular flexibility index (Phi) is 3.72. The highest BCUT2D eigenvalue weighted by Gasteiger charge is 2.52. The molecule has 0 amide bonds. The molecular formula is C17H23BO3. The molecule has 112 valence electrons. The predicted octanol–water partition coefficient (Wildman–Crippen LogP) is 3.71. The first-order chi connectivity index (χ1) is 9.89. The van der Waals surface area contributed by atoms with Crippen LogP contribution in [0.2, 0.25) is 0 Å². The average Bonchev–Trinajstić information content (AvgIpc) is 2.69. The number of ether oxygens (including phenoxy) is 1. The van der Waals surface area contributed by atoms with Crippen molar-refractivity contribution in [1.29, 1.82) is 0 Å². The van der Waals surface area contributed by atoms with Crippen LogP contribution >= 0.6 is 0 Å². The molecule has 0 radical (unpaired) electrons. The molecule has 4 heteroatoms. The van der Waals surface area contributed by atoms with Gasteiger partial charge in [0.2, 0.25) is 0 Å². The lowest BCUT2D eigenvalue weighted by Crippen LogP contribution is -2.41. The van der Waals surface area contributed by atoms with E-state index in [9.17, 15) is 0 Å². The number of hydrogen-bond acceptors (Lipinski definition) is 3. The summed E-state index contributed by atoms with van der Waals surface area (Å²) in [5.74, 6) is 0. The van der Waals surface area contributed by atoms with E-state index in [1.54, 1.807) is 0 Å². The Morgan fingerprint density at radius 1 is 1.00 bits per heavy atom. The van der Waals surface area contributed by atoms with Crippen LogP contribution in [0, 0.1) is 0 Å². The normalized spacial score (nSPS) is 27.5. The van der Waals surface area contributed by atoms with Gasteiger partial charge in [0, 0.05) is 0 Å². The fourth-order valence-corrected chi connectivity index (χ4v) is 2.70. The molecule has 1 atom stereocenters. The number of rotatable bonds is 2. The third-order valence-corrected chi connectivity index (χ3v) is 4.79. The Labute approximate surface area is 127 Å². The molecular weight excluding hydrogens is 263 g/mol. The van der Waals surface area contributed by atoms with Gasteiger partial charge >= 0.3 is 7.12 Å². The van der Waals surface area contributed by atoms with Crippen LogP contribution in [0.5, 0.6) is 0 Å². The van der Waals surface area contributed by atoms with E-state index < -0.39 is 0 Å². The van der Waals surface area contributed by atoms with E-state index in [1.807, 2.05) is 18.2 Å². The molecule has 2 heterocycles. The molecule has 0 spiro atoms. The second-order valence-electron chi connectivity index (χ2n) is 6.80. The summed E-state index contributed by atoms with van der Waals surface area (Å²) in [5, 5.41) is 0. The molecule has 2 aliphatic heterocycles. The largest absolute Gasteiger partial charge is 0.490 e. The van der Waals surface area contributed by atoms with Gasteiger partial charge in [-0.2, -0.15) is 0 Å². The van der Waals surface area contributed by atoms with Gasteiger partial charge in [0.05, 0.1) is 23.9 Å². The molecule has 2 aliphatic rings. The second-order valence-corrected chi connectivity index (χ2v) is 6.80. The van der Waals surface area contributed by atoms with Crippen LogP contribution in [0.25, 0.3) is 0 Å². The average molecular weight is 286 g/mol. The Morgan fingerprint density at radius 3 is 2.24 bits per heavy atom. The van der Waals surface area contributed by atoms with Crippen molar-refractivity contribution < 1.29 is 14.0 Å². The third kappa shape index (κ3) is 2.80. The van der Waals surface area contributed by atoms with Crippen LogP contribution in [-0.4, -0.2) is 24.9 Å². The van der Waals surface area contributed by atoms with Crippen LogP contribution in [0.15, 0.2) is 41.9 Å². The molecule has 3 rings (SSSR count). The maximum Gasteiger partial charge on any atom is 0.490 e. The second kappa shape index (κ2) is 5.27. The van der Waals surface area contributed by atoms with Crippen LogP contribution in [0.4, 0.5) is 0 Å². The van der Waals surface area contributed by atoms with E-state index in [0.717, 1.165) is 6.42 Å². The van der Waals surface area contributed by atoms with Crippen LogP contribution in [-0.2, 0) is 14.0 Å². The van der Waals surface area contributed by atoms with Crippen molar-refractivity contribution >= 4 is 7.12 Å². The van der Waals surface area contributed by atoms with E-state index in [-0.39, 0.29) is 24.4 Å². The van der Waals surface area contributed by atoms with Gasteiger partial charge in [0.25, 0.3) is 0 Å². The summed E-state index contributed by atoms with van der Waals surface area (Å²) >= 11 is 0. The molecule has 1 aromatic rings. The summed E-state index contributed by atoms with van der Waals surface area (Å²) in [6.45, 7) is 8.95. The van der Waals surface area contributed by atoms with Gasteiger partial charge in [-0.05, 0) is 45.2 Å². The zero-order chi connectivity index (χ0) is 15.1. The van der Waals surface area contributed by atoms with Crippen molar-refractivity contribution in [2.45, 2.75) is 51.4 Å². The van der Waals surface area contributed by atoms with Crippen molar-refractivity contribution in [1.82, 2.24) is 0 Å². The van der Waals surface area contributed by atoms with Gasteiger partial charge in [0.1, 0.15) is 0 Å². The van der Waals surface area contributed by atoms with Gasteiger partial charge in [-0.1, -0.05) is 36.4 Å². The van der Waals surface area contributed by atoms with Crippen molar-refractivity contribution in [3.63, 3.8) is 0 Å². The predicted molar refractivity (Wildman–Crippen MR) is 83.9 cm³/mol. The van der Waals surface area contributed by atoms with Crippen LogP contribution in [0.1, 0.15) is 45.8 Å². The Hall–Kier alpha value is -1.10. The molecule has 0 saturated carbocycles. The lowest BCUT2D eigenvalue weighted by molar-refractivity contribution is 0.00578. The first-order valence-electron chi connectivity index (χ1n) is 7.60. The molecule has 0 aromatic heterocycles. The molecule has 21 heavy (non-hydrogen) atoms. The maximum atomic E-state index is 6.14. The molecule has 0 bridgehead atoms. The molecule has 1 fully saturated rings. The fourth-order valence-electron chi connectivity index (χ4n) is 2.70. The van der Waals surface area contributed by atoms with Crippen molar-refractivity contribution in [2.24, 2.45) is 0 Å². The molecule has 1 saturated heterocycles. The first kappa shape index (κ1) is 14.8. The lowest BCUT2D eigenvalue weighted by Gasteiger charge is -2.32. The highest BCUT2D eigenvalue weighted by Crippen LogP contribution is 2.41. The Morgan fingerprint density at radius 2 is 1.62 bits per heavy atom. The van der Waals surface area contributed by atoms with E-state index in [2.05, 4.69) is 45.9 Å². The summed E-state index contributed by atoms with van der Waals surface area (Å²) in [4.78, 5) is 0. The van der Waals surface area contributed by atoms with E-state index in [4.69, 9.17) is 14.0 Å². The zero-order valence-corrected chi connectivity index (χ0v) is 13.3. The van der Waals surface area contributed by atoms with Gasteiger partial charge < -0.3 is 14.0 Å². The Balaban J connectivity index is 1.75. The molecule has 0 N–H and O–H groups in total. The minimum Gasteiger partial charge on any atom is -0.400 e. The molecule has 0 aliphatic carbocycles. The summed E-state index contributed by atoms with van der Waals surface area (Å²) < 4.78 is 18.2. The third-order valence-electron chi connectivity index (χ3n) is 4.79. The van der Waals surface area contributed by atoms with Crippen molar-refractivity contribution in [3.05, 3.63) is 47.4 Å². The monoisotopic (exact) mass is 286 g/mol.